The van der Waals surface area contributed by atoms with E-state index in [-0.39, 0.29) is 12.5 Å². The molecule has 1 N–H and O–H groups in total. The SMILES string of the molecule is CC(CCNC(=O)Cn1c(=O)c(=O)n(C)c2ccccc21)N1CCCC1. The number of hydrogen-bond donors (Lipinski definition) is 1. The van der Waals surface area contributed by atoms with E-state index in [4.69, 9.17) is 0 Å². The van der Waals surface area contributed by atoms with Crippen LogP contribution >= 0.6 is 0 Å². The van der Waals surface area contributed by atoms with Gasteiger partial charge in [0.25, 0.3) is 0 Å². The number of aryl methyl sites for hydroxylation is 1. The number of benzene rings is 1. The largest absolute Gasteiger partial charge is 0.354 e. The molecule has 0 spiro atoms. The highest BCUT2D eigenvalue weighted by Crippen LogP contribution is 2.13. The first-order valence-electron chi connectivity index (χ1n) is 9.18. The summed E-state index contributed by atoms with van der Waals surface area (Å²) >= 11 is 0. The fraction of sp³-hybridized carbons (Fsp3) is 0.526. The van der Waals surface area contributed by atoms with Crippen molar-refractivity contribution in [3.8, 4) is 0 Å². The maximum absolute atomic E-state index is 12.3. The van der Waals surface area contributed by atoms with Crippen LogP contribution in [0.25, 0.3) is 11.0 Å². The second kappa shape index (κ2) is 7.86. The fourth-order valence-electron chi connectivity index (χ4n) is 3.60. The van der Waals surface area contributed by atoms with E-state index < -0.39 is 11.1 Å². The van der Waals surface area contributed by atoms with Crippen molar-refractivity contribution < 1.29 is 4.79 Å². The Morgan fingerprint density at radius 3 is 2.46 bits per heavy atom. The smallest absolute Gasteiger partial charge is 0.317 e. The number of carbonyl (C=O) groups is 1. The van der Waals surface area contributed by atoms with Crippen LogP contribution in [0.2, 0.25) is 0 Å². The third-order valence-corrected chi connectivity index (χ3v) is 5.22. The lowest BCUT2D eigenvalue weighted by Crippen LogP contribution is -2.43. The Balaban J connectivity index is 1.68. The van der Waals surface area contributed by atoms with Crippen LogP contribution in [-0.4, -0.2) is 45.6 Å². The number of nitrogens with zero attached hydrogens (tertiary/aromatic N) is 3. The Hall–Kier alpha value is -2.41. The van der Waals surface area contributed by atoms with Gasteiger partial charge < -0.3 is 14.8 Å². The van der Waals surface area contributed by atoms with E-state index in [1.807, 2.05) is 0 Å². The molecule has 0 saturated carbocycles. The normalized spacial score (nSPS) is 16.1. The van der Waals surface area contributed by atoms with E-state index in [1.54, 1.807) is 31.3 Å². The van der Waals surface area contributed by atoms with E-state index in [2.05, 4.69) is 17.1 Å². The van der Waals surface area contributed by atoms with Crippen LogP contribution in [0.3, 0.4) is 0 Å². The van der Waals surface area contributed by atoms with Crippen molar-refractivity contribution in [2.75, 3.05) is 19.6 Å². The summed E-state index contributed by atoms with van der Waals surface area (Å²) in [6.07, 6.45) is 3.36. The maximum Gasteiger partial charge on any atom is 0.317 e. The number of rotatable bonds is 6. The molecule has 0 aliphatic carbocycles. The summed E-state index contributed by atoms with van der Waals surface area (Å²) < 4.78 is 2.58. The van der Waals surface area contributed by atoms with Crippen molar-refractivity contribution in [2.24, 2.45) is 7.05 Å². The number of fused-ring (bicyclic) bond motifs is 1. The number of aromatic nitrogens is 2. The molecule has 1 unspecified atom stereocenters. The molecule has 1 saturated heterocycles. The van der Waals surface area contributed by atoms with Crippen LogP contribution in [0.5, 0.6) is 0 Å². The van der Waals surface area contributed by atoms with Crippen LogP contribution in [0, 0.1) is 0 Å². The molecule has 2 heterocycles. The van der Waals surface area contributed by atoms with E-state index in [0.29, 0.717) is 23.6 Å². The summed E-state index contributed by atoms with van der Waals surface area (Å²) in [5, 5.41) is 2.88. The van der Waals surface area contributed by atoms with Gasteiger partial charge in [-0.2, -0.15) is 0 Å². The first-order chi connectivity index (χ1) is 12.5. The molecule has 1 aliphatic rings. The van der Waals surface area contributed by atoms with Gasteiger partial charge in [0.15, 0.2) is 0 Å². The molecule has 2 aromatic rings. The fourth-order valence-corrected chi connectivity index (χ4v) is 3.60. The minimum atomic E-state index is -0.674. The van der Waals surface area contributed by atoms with E-state index in [0.717, 1.165) is 19.5 Å². The van der Waals surface area contributed by atoms with E-state index in [9.17, 15) is 14.4 Å². The van der Waals surface area contributed by atoms with E-state index >= 15 is 0 Å². The lowest BCUT2D eigenvalue weighted by atomic mass is 10.2. The summed E-state index contributed by atoms with van der Waals surface area (Å²) in [6.45, 7) is 4.85. The van der Waals surface area contributed by atoms with Crippen molar-refractivity contribution in [3.05, 3.63) is 45.0 Å². The lowest BCUT2D eigenvalue weighted by molar-refractivity contribution is -0.121. The highest BCUT2D eigenvalue weighted by molar-refractivity contribution is 5.80. The molecule has 140 valence electrons. The average molecular weight is 358 g/mol. The van der Waals surface area contributed by atoms with Gasteiger partial charge in [0.05, 0.1) is 11.0 Å². The molecule has 3 rings (SSSR count). The van der Waals surface area contributed by atoms with Crippen LogP contribution < -0.4 is 16.4 Å². The number of para-hydroxylation sites is 2. The molecular formula is C19H26N4O3. The third kappa shape index (κ3) is 3.72. The third-order valence-electron chi connectivity index (χ3n) is 5.22. The zero-order valence-corrected chi connectivity index (χ0v) is 15.4. The first-order valence-corrected chi connectivity index (χ1v) is 9.18. The van der Waals surface area contributed by atoms with Gasteiger partial charge in [-0.1, -0.05) is 12.1 Å². The van der Waals surface area contributed by atoms with Gasteiger partial charge in [-0.05, 0) is 51.4 Å². The first kappa shape index (κ1) is 18.4. The minimum Gasteiger partial charge on any atom is -0.354 e. The molecule has 1 aromatic carbocycles. The summed E-state index contributed by atoms with van der Waals surface area (Å²) in [5.74, 6) is -0.251. The Labute approximate surface area is 152 Å². The number of likely N-dealkylation sites (tertiary alicyclic amines) is 1. The van der Waals surface area contributed by atoms with Crippen LogP contribution in [-0.2, 0) is 18.4 Å². The summed E-state index contributed by atoms with van der Waals surface area (Å²) in [7, 11) is 1.57. The Kier molecular flexibility index (Phi) is 5.56. The molecule has 0 radical (unpaired) electrons. The second-order valence-electron chi connectivity index (χ2n) is 6.97. The highest BCUT2D eigenvalue weighted by Gasteiger charge is 2.18. The van der Waals surface area contributed by atoms with Crippen molar-refractivity contribution >= 4 is 16.9 Å². The molecule has 1 aromatic heterocycles. The molecule has 1 amide bonds. The number of nitrogens with one attached hydrogen (secondary N) is 1. The summed E-state index contributed by atoms with van der Waals surface area (Å²) in [6, 6.07) is 7.54. The second-order valence-corrected chi connectivity index (χ2v) is 6.97. The number of carbonyl (C=O) groups excluding carboxylic acids is 1. The van der Waals surface area contributed by atoms with Crippen molar-refractivity contribution in [3.63, 3.8) is 0 Å². The molecule has 26 heavy (non-hydrogen) atoms. The standard InChI is InChI=1S/C19H26N4O3/c1-14(22-11-5-6-12-22)9-10-20-17(24)13-23-16-8-4-3-7-15(16)21(2)18(25)19(23)26/h3-4,7-8,14H,5-6,9-13H2,1-2H3,(H,20,24). The topological polar surface area (TPSA) is 76.3 Å². The predicted molar refractivity (Wildman–Crippen MR) is 101 cm³/mol. The number of hydrogen-bond acceptors (Lipinski definition) is 4. The summed E-state index contributed by atoms with van der Waals surface area (Å²) in [5.41, 5.74) is -0.0846. The molecular weight excluding hydrogens is 332 g/mol. The molecule has 1 fully saturated rings. The van der Waals surface area contributed by atoms with Gasteiger partial charge in [0.2, 0.25) is 5.91 Å². The van der Waals surface area contributed by atoms with Gasteiger partial charge in [-0.15, -0.1) is 0 Å². The Morgan fingerprint density at radius 1 is 1.12 bits per heavy atom. The molecule has 1 aliphatic heterocycles. The predicted octanol–water partition coefficient (Wildman–Crippen LogP) is 0.691. The minimum absolute atomic E-state index is 0.145. The average Bonchev–Trinajstić information content (AvgIpc) is 3.18. The highest BCUT2D eigenvalue weighted by atomic mass is 16.2. The maximum atomic E-state index is 12.3. The molecule has 7 nitrogen and oxygen atoms in total. The van der Waals surface area contributed by atoms with Crippen LogP contribution in [0.15, 0.2) is 33.9 Å². The zero-order valence-electron chi connectivity index (χ0n) is 15.4. The molecule has 7 heteroatoms. The Morgan fingerprint density at radius 2 is 1.77 bits per heavy atom. The number of amides is 1. The van der Waals surface area contributed by atoms with Crippen LogP contribution in [0.1, 0.15) is 26.2 Å². The van der Waals surface area contributed by atoms with Gasteiger partial charge >= 0.3 is 11.1 Å². The monoisotopic (exact) mass is 358 g/mol. The van der Waals surface area contributed by atoms with E-state index in [1.165, 1.54) is 22.0 Å². The van der Waals surface area contributed by atoms with Gasteiger partial charge in [0.1, 0.15) is 6.54 Å². The summed E-state index contributed by atoms with van der Waals surface area (Å²) in [4.78, 5) is 39.2. The lowest BCUT2D eigenvalue weighted by Gasteiger charge is -2.23. The quantitative estimate of drug-likeness (QED) is 0.771. The van der Waals surface area contributed by atoms with Gasteiger partial charge in [0, 0.05) is 19.6 Å². The van der Waals surface area contributed by atoms with Gasteiger partial charge in [-0.3, -0.25) is 19.0 Å². The zero-order chi connectivity index (χ0) is 18.7. The van der Waals surface area contributed by atoms with Crippen molar-refractivity contribution in [1.82, 2.24) is 19.4 Å². The van der Waals surface area contributed by atoms with Gasteiger partial charge in [-0.25, -0.2) is 0 Å². The molecule has 0 bridgehead atoms. The Bertz CT molecular complexity index is 909. The van der Waals surface area contributed by atoms with Crippen molar-refractivity contribution in [2.45, 2.75) is 38.8 Å². The molecule has 1 atom stereocenters. The van der Waals surface area contributed by atoms with Crippen LogP contribution in [0.4, 0.5) is 0 Å². The van der Waals surface area contributed by atoms with Crippen molar-refractivity contribution in [1.29, 1.82) is 0 Å².